The van der Waals surface area contributed by atoms with Crippen LogP contribution in [0, 0.1) is 0 Å². The van der Waals surface area contributed by atoms with Crippen molar-refractivity contribution < 1.29 is 16.8 Å². The van der Waals surface area contributed by atoms with E-state index in [4.69, 9.17) is 16.8 Å². The highest BCUT2D eigenvalue weighted by Gasteiger charge is 2.39. The average molecular weight is 1110 g/mol. The Morgan fingerprint density at radius 3 is 0.603 bits per heavy atom. The van der Waals surface area contributed by atoms with E-state index in [0.29, 0.717) is 0 Å². The summed E-state index contributed by atoms with van der Waals surface area (Å²) in [6.45, 7) is 66.0. The van der Waals surface area contributed by atoms with Crippen molar-refractivity contribution in [1.29, 1.82) is 0 Å². The molecule has 6 aromatic rings. The van der Waals surface area contributed by atoms with Crippen molar-refractivity contribution in [3.63, 3.8) is 0 Å². The van der Waals surface area contributed by atoms with Gasteiger partial charge in [-0.3, -0.25) is 0 Å². The molecule has 0 saturated carbocycles. The summed E-state index contributed by atoms with van der Waals surface area (Å²) in [5.41, 5.74) is 12.8. The molecule has 0 amide bonds. The molecular weight excluding hydrogens is 995 g/mol. The normalized spacial score (nSPS) is 14.0. The van der Waals surface area contributed by atoms with Crippen LogP contribution in [0.3, 0.4) is 0 Å². The van der Waals surface area contributed by atoms with Crippen LogP contribution in [-0.2, 0) is 43.3 Å². The molecule has 2 aromatic heterocycles. The van der Waals surface area contributed by atoms with Crippen LogP contribution >= 0.6 is 16.3 Å². The smallest absolute Gasteiger partial charge is 0.325 e. The monoisotopic (exact) mass is 1100 g/mol. The highest BCUT2D eigenvalue weighted by molar-refractivity contribution is 7.44. The maximum Gasteiger partial charge on any atom is 0.325 e. The summed E-state index contributed by atoms with van der Waals surface area (Å²) in [6.07, 6.45) is 7.82. The van der Waals surface area contributed by atoms with Crippen LogP contribution < -0.4 is 9.56 Å². The molecule has 78 heavy (non-hydrogen) atoms. The predicted molar refractivity (Wildman–Crippen MR) is 346 cm³/mol. The number of hydrazine groups is 1. The van der Waals surface area contributed by atoms with E-state index in [1.807, 2.05) is 0 Å². The molecule has 0 atom stereocenters. The lowest BCUT2D eigenvalue weighted by atomic mass is 9.74. The molecule has 0 spiro atoms. The number of benzene rings is 4. The Bertz CT molecular complexity index is 2800. The van der Waals surface area contributed by atoms with Crippen molar-refractivity contribution in [3.8, 4) is 0 Å². The first kappa shape index (κ1) is 63.8. The fraction of sp³-hybridized carbons (Fsp3) is 0.657. The van der Waals surface area contributed by atoms with E-state index < -0.39 is 16.3 Å². The van der Waals surface area contributed by atoms with Gasteiger partial charge < -0.3 is 16.8 Å². The highest BCUT2D eigenvalue weighted by Crippen LogP contribution is 2.53. The summed E-state index contributed by atoms with van der Waals surface area (Å²) in [4.78, 5) is 0. The first-order valence-electron chi connectivity index (χ1n) is 30.6. The lowest BCUT2D eigenvalue weighted by molar-refractivity contribution is 0.480. The van der Waals surface area contributed by atoms with Crippen molar-refractivity contribution in [2.24, 2.45) is 0 Å². The second-order valence-electron chi connectivity index (χ2n) is 29.2. The van der Waals surface area contributed by atoms with Crippen molar-refractivity contribution in [1.82, 2.24) is 0 Å². The topological polar surface area (TPSA) is 59.0 Å². The van der Waals surface area contributed by atoms with Crippen molar-refractivity contribution in [3.05, 3.63) is 93.0 Å². The minimum Gasteiger partial charge on any atom is -0.407 e. The molecule has 6 rings (SSSR count). The van der Waals surface area contributed by atoms with Crippen LogP contribution in [0.25, 0.3) is 43.9 Å². The van der Waals surface area contributed by atoms with Gasteiger partial charge in [0.05, 0.1) is 0 Å². The van der Waals surface area contributed by atoms with E-state index >= 15 is 0 Å². The quantitative estimate of drug-likeness (QED) is 0.0670. The molecule has 0 aliphatic heterocycles. The molecule has 434 valence electrons. The zero-order chi connectivity index (χ0) is 58.8. The molecule has 4 aromatic carbocycles. The van der Waals surface area contributed by atoms with Gasteiger partial charge in [-0.05, 0) is 169 Å². The number of hydrogen-bond donors (Lipinski definition) is 0. The van der Waals surface area contributed by atoms with E-state index in [-0.39, 0.29) is 55.4 Å². The van der Waals surface area contributed by atoms with Crippen LogP contribution in [0.1, 0.15) is 290 Å². The van der Waals surface area contributed by atoms with Crippen LogP contribution in [-0.4, -0.2) is 12.1 Å². The molecule has 2 heterocycles. The van der Waals surface area contributed by atoms with E-state index in [9.17, 15) is 0 Å². The third kappa shape index (κ3) is 11.9. The molecule has 0 aliphatic rings. The number of fused-ring (bicyclic) bond motifs is 6. The summed E-state index contributed by atoms with van der Waals surface area (Å²) in [5.74, 6) is 0. The molecule has 6 nitrogen and oxygen atoms in total. The second kappa shape index (κ2) is 22.7. The molecule has 0 unspecified atom stereocenters. The minimum absolute atomic E-state index is 0.0737. The summed E-state index contributed by atoms with van der Waals surface area (Å²) < 4.78 is 36.7. The predicted octanol–water partition coefficient (Wildman–Crippen LogP) is 23.7. The van der Waals surface area contributed by atoms with E-state index in [2.05, 4.69) is 252 Å². The summed E-state index contributed by atoms with van der Waals surface area (Å²) in [7, 11) is -3.86. The van der Waals surface area contributed by atoms with E-state index in [1.54, 1.807) is 0 Å². The van der Waals surface area contributed by atoms with Crippen LogP contribution in [0.4, 0.5) is 0 Å². The van der Waals surface area contributed by atoms with Gasteiger partial charge in [0.15, 0.2) is 0 Å². The average Bonchev–Trinajstić information content (AvgIpc) is 3.74. The molecule has 0 N–H and O–H groups in total. The fourth-order valence-corrected chi connectivity index (χ4v) is 14.1. The van der Waals surface area contributed by atoms with Gasteiger partial charge in [-0.15, -0.1) is 9.56 Å². The highest BCUT2D eigenvalue weighted by atomic mass is 31.1. The Kier molecular flexibility index (Phi) is 18.6. The van der Waals surface area contributed by atoms with Gasteiger partial charge in [0.25, 0.3) is 0 Å². The third-order valence-corrected chi connectivity index (χ3v) is 23.7. The van der Waals surface area contributed by atoms with Gasteiger partial charge in [-0.25, -0.2) is 0 Å². The first-order chi connectivity index (χ1) is 35.9. The van der Waals surface area contributed by atoms with Gasteiger partial charge >= 0.3 is 16.3 Å². The lowest BCUT2D eigenvalue weighted by Crippen LogP contribution is -2.47. The Balaban J connectivity index is 2.00. The minimum atomic E-state index is -1.93. The van der Waals surface area contributed by atoms with Crippen molar-refractivity contribution in [2.75, 3.05) is 9.56 Å². The number of rotatable bonds is 21. The zero-order valence-corrected chi connectivity index (χ0v) is 56.6. The lowest BCUT2D eigenvalue weighted by Gasteiger charge is -2.35. The Hall–Kier alpha value is -3.40. The van der Waals surface area contributed by atoms with Crippen LogP contribution in [0.5, 0.6) is 0 Å². The van der Waals surface area contributed by atoms with Crippen molar-refractivity contribution >= 4 is 60.2 Å². The second-order valence-corrected chi connectivity index (χ2v) is 31.7. The number of nitrogens with zero attached hydrogens (tertiary/aromatic N) is 2. The van der Waals surface area contributed by atoms with Gasteiger partial charge in [0.1, 0.15) is 22.3 Å². The Labute approximate surface area is 477 Å². The standard InChI is InChI=1S/C70H110N2O4P2/c1-29-63(13,14)47-37-51-52-38-48(64(15,16)30-2)42-56(68(23,24)34-6)60(52)74-77(73-59(51)55(41-47)67(21,22)33-5)71(45(9)10)72(46(11)12)78-75-61-53(39-49(65(17,18)31-3)43-57(61)69(25,26)35-7)54-40-50(66(19,20)32-4)44-58(62(54)76-78)70(27,28)36-8/h37-46H,29-36H2,1-28H3. The van der Waals surface area contributed by atoms with Gasteiger partial charge in [0, 0.05) is 55.9 Å². The van der Waals surface area contributed by atoms with Gasteiger partial charge in [-0.1, -0.05) is 190 Å². The molecular formula is C70H110N2O4P2. The SMILES string of the molecule is CCC(C)(C)c1cc(C(C)(C)CC)c2op(N(C(C)C)N(C(C)C)p3oc4c(C(C)(C)CC)cc(C(C)(C)CC)cc4c4cc(C(C)(C)CC)cc(C(C)(C)CC)c4o3)oc3c(C(C)(C)CC)cc(C(C)(C)CC)cc3c2c1. The largest absolute Gasteiger partial charge is 0.407 e. The summed E-state index contributed by atoms with van der Waals surface area (Å²) in [5, 5.41) is 4.49. The molecule has 0 bridgehead atoms. The molecule has 0 fully saturated rings. The van der Waals surface area contributed by atoms with Crippen LogP contribution in [0.2, 0.25) is 0 Å². The third-order valence-electron chi connectivity index (χ3n) is 20.2. The van der Waals surface area contributed by atoms with Crippen molar-refractivity contribution in [2.45, 2.75) is 301 Å². The first-order valence-corrected chi connectivity index (χ1v) is 32.8. The van der Waals surface area contributed by atoms with Crippen LogP contribution in [0.15, 0.2) is 65.3 Å². The zero-order valence-electron chi connectivity index (χ0n) is 54.9. The maximum absolute atomic E-state index is 7.98. The fourth-order valence-electron chi connectivity index (χ4n) is 10.4. The Morgan fingerprint density at radius 2 is 0.462 bits per heavy atom. The molecule has 0 radical (unpaired) electrons. The molecule has 0 saturated heterocycles. The number of hydrogen-bond acceptors (Lipinski definition) is 6. The Morgan fingerprint density at radius 1 is 0.295 bits per heavy atom. The summed E-state index contributed by atoms with van der Waals surface area (Å²) >= 11 is 0. The maximum atomic E-state index is 7.98. The van der Waals surface area contributed by atoms with Gasteiger partial charge in [0.2, 0.25) is 0 Å². The van der Waals surface area contributed by atoms with Gasteiger partial charge in [-0.2, -0.15) is 0 Å². The van der Waals surface area contributed by atoms with E-state index in [1.165, 1.54) is 44.5 Å². The van der Waals surface area contributed by atoms with E-state index in [0.717, 1.165) is 95.2 Å². The molecule has 8 heteroatoms. The molecule has 0 aliphatic carbocycles. The summed E-state index contributed by atoms with van der Waals surface area (Å²) in [6, 6.07) is 19.6.